The van der Waals surface area contributed by atoms with Gasteiger partial charge in [0.1, 0.15) is 12.0 Å². The van der Waals surface area contributed by atoms with E-state index in [0.29, 0.717) is 22.2 Å². The number of hydrogen-bond acceptors (Lipinski definition) is 10. The molecule has 0 radical (unpaired) electrons. The van der Waals surface area contributed by atoms with Crippen molar-refractivity contribution in [1.29, 1.82) is 0 Å². The molecule has 0 spiro atoms. The zero-order valence-electron chi connectivity index (χ0n) is 26.9. The molecule has 47 heavy (non-hydrogen) atoms. The molecular formula is C32H37F3N8O4. The number of carbonyl (C=O) groups excluding carboxylic acids is 2. The average molecular weight is 655 g/mol. The van der Waals surface area contributed by atoms with Crippen molar-refractivity contribution < 1.29 is 32.1 Å². The predicted octanol–water partition coefficient (Wildman–Crippen LogP) is 4.60. The van der Waals surface area contributed by atoms with Crippen LogP contribution in [0.15, 0.2) is 29.0 Å². The number of hydroxylamine groups is 2. The lowest BCUT2D eigenvalue weighted by atomic mass is 9.89. The van der Waals surface area contributed by atoms with Crippen LogP contribution < -0.4 is 5.32 Å². The Balaban J connectivity index is 1.31. The lowest BCUT2D eigenvalue weighted by Crippen LogP contribution is -2.50. The highest BCUT2D eigenvalue weighted by Gasteiger charge is 2.45. The van der Waals surface area contributed by atoms with E-state index in [2.05, 4.69) is 40.1 Å². The van der Waals surface area contributed by atoms with Gasteiger partial charge < -0.3 is 19.7 Å². The molecular weight excluding hydrogens is 617 g/mol. The van der Waals surface area contributed by atoms with Gasteiger partial charge in [-0.15, -0.1) is 0 Å². The molecule has 1 fully saturated rings. The number of aromatic amines is 1. The van der Waals surface area contributed by atoms with Gasteiger partial charge in [0.2, 0.25) is 0 Å². The molecule has 4 aromatic rings. The Morgan fingerprint density at radius 3 is 2.55 bits per heavy atom. The van der Waals surface area contributed by atoms with Crippen LogP contribution in [-0.2, 0) is 27.9 Å². The number of halogens is 3. The fraction of sp³-hybridized carbons (Fsp3) is 0.500. The van der Waals surface area contributed by atoms with Crippen molar-refractivity contribution >= 4 is 22.9 Å². The monoisotopic (exact) mass is 654 g/mol. The quantitative estimate of drug-likeness (QED) is 0.293. The van der Waals surface area contributed by atoms with Gasteiger partial charge in [-0.25, -0.2) is 14.8 Å². The highest BCUT2D eigenvalue weighted by atomic mass is 19.4. The molecule has 2 N–H and O–H groups in total. The number of alkyl halides is 3. The van der Waals surface area contributed by atoms with Crippen LogP contribution in [0.5, 0.6) is 0 Å². The Morgan fingerprint density at radius 1 is 1.15 bits per heavy atom. The topological polar surface area (TPSA) is 142 Å². The second kappa shape index (κ2) is 12.3. The fourth-order valence-corrected chi connectivity index (χ4v) is 6.38. The molecule has 6 rings (SSSR count). The van der Waals surface area contributed by atoms with E-state index >= 15 is 0 Å². The van der Waals surface area contributed by atoms with E-state index in [1.54, 1.807) is 39.8 Å². The Kier molecular flexibility index (Phi) is 8.55. The molecule has 1 saturated heterocycles. The summed E-state index contributed by atoms with van der Waals surface area (Å²) in [7, 11) is 0. The number of fused-ring (bicyclic) bond motifs is 3. The van der Waals surface area contributed by atoms with Crippen LogP contribution in [-0.4, -0.2) is 85.3 Å². The van der Waals surface area contributed by atoms with Crippen molar-refractivity contribution in [3.8, 4) is 11.3 Å². The summed E-state index contributed by atoms with van der Waals surface area (Å²) in [6, 6.07) is 4.61. The summed E-state index contributed by atoms with van der Waals surface area (Å²) in [4.78, 5) is 49.2. The van der Waals surface area contributed by atoms with Crippen LogP contribution in [0.2, 0.25) is 0 Å². The average Bonchev–Trinajstić information content (AvgIpc) is 3.68. The maximum Gasteiger partial charge on any atom is 0.493 e. The minimum atomic E-state index is -5.35. The molecule has 1 unspecified atom stereocenters. The first kappa shape index (κ1) is 32.6. The molecule has 15 heteroatoms. The number of hydrogen-bond donors (Lipinski definition) is 2. The third-order valence-electron chi connectivity index (χ3n) is 8.86. The second-order valence-corrected chi connectivity index (χ2v) is 13.1. The van der Waals surface area contributed by atoms with Gasteiger partial charge in [0, 0.05) is 60.7 Å². The number of amides is 1. The third kappa shape index (κ3) is 6.46. The standard InChI is InChI=1S/C32H37F3N8O4/c1-17-14-19(25-24-22-9-7-20(42-12-10-36-11-13-42)15-23(22)39-26(24)38-16-37-25)6-8-21(17)18(2)43(47-30(45)32(33,34)35)28(44)27-40-29(41-46-27)31(3,4)5/h6,8,14,16,18,20,36H,7,9-13,15H2,1-5H3,(H,37,38,39)/t18-,20?/m1/s1. The zero-order chi connectivity index (χ0) is 33.7. The molecule has 2 atom stereocenters. The van der Waals surface area contributed by atoms with Gasteiger partial charge >= 0.3 is 23.9 Å². The molecule has 1 aliphatic carbocycles. The van der Waals surface area contributed by atoms with Crippen molar-refractivity contribution in [2.45, 2.75) is 77.6 Å². The number of piperazine rings is 1. The number of rotatable bonds is 5. The molecule has 0 saturated carbocycles. The van der Waals surface area contributed by atoms with Crippen molar-refractivity contribution in [3.63, 3.8) is 0 Å². The van der Waals surface area contributed by atoms with Gasteiger partial charge in [-0.3, -0.25) is 9.69 Å². The van der Waals surface area contributed by atoms with Crippen LogP contribution in [0.1, 0.15) is 79.1 Å². The van der Waals surface area contributed by atoms with Crippen LogP contribution >= 0.6 is 0 Å². The first-order valence-electron chi connectivity index (χ1n) is 15.6. The van der Waals surface area contributed by atoms with Crippen LogP contribution in [0.3, 0.4) is 0 Å². The van der Waals surface area contributed by atoms with Gasteiger partial charge in [-0.2, -0.15) is 23.2 Å². The van der Waals surface area contributed by atoms with Crippen molar-refractivity contribution in [1.82, 2.24) is 40.4 Å². The van der Waals surface area contributed by atoms with Gasteiger partial charge in [-0.05, 0) is 49.4 Å². The fourth-order valence-electron chi connectivity index (χ4n) is 6.38. The number of aromatic nitrogens is 5. The highest BCUT2D eigenvalue weighted by molar-refractivity contribution is 5.95. The summed E-state index contributed by atoms with van der Waals surface area (Å²) >= 11 is 0. The predicted molar refractivity (Wildman–Crippen MR) is 164 cm³/mol. The lowest BCUT2D eigenvalue weighted by Gasteiger charge is -2.37. The molecule has 1 amide bonds. The van der Waals surface area contributed by atoms with E-state index in [1.807, 2.05) is 6.07 Å². The van der Waals surface area contributed by atoms with Crippen LogP contribution in [0.4, 0.5) is 13.2 Å². The maximum atomic E-state index is 13.4. The molecule has 1 aliphatic heterocycles. The van der Waals surface area contributed by atoms with E-state index in [9.17, 15) is 22.8 Å². The van der Waals surface area contributed by atoms with Crippen LogP contribution in [0.25, 0.3) is 22.3 Å². The molecule has 4 heterocycles. The smallest absolute Gasteiger partial charge is 0.343 e. The number of aryl methyl sites for hydroxylation is 2. The largest absolute Gasteiger partial charge is 0.493 e. The summed E-state index contributed by atoms with van der Waals surface area (Å²) in [6.07, 6.45) is -1.03. The van der Waals surface area contributed by atoms with Crippen LogP contribution in [0, 0.1) is 6.92 Å². The summed E-state index contributed by atoms with van der Waals surface area (Å²) < 4.78 is 44.9. The van der Waals surface area contributed by atoms with Crippen molar-refractivity contribution in [2.75, 3.05) is 26.2 Å². The van der Waals surface area contributed by atoms with Gasteiger partial charge in [0.05, 0.1) is 11.7 Å². The Bertz CT molecular complexity index is 1810. The molecule has 250 valence electrons. The minimum absolute atomic E-state index is 0.165. The maximum absolute atomic E-state index is 13.4. The number of nitrogens with one attached hydrogen (secondary N) is 2. The Labute approximate surface area is 269 Å². The first-order valence-corrected chi connectivity index (χ1v) is 15.6. The summed E-state index contributed by atoms with van der Waals surface area (Å²) in [5.41, 5.74) is 5.07. The zero-order valence-corrected chi connectivity index (χ0v) is 26.9. The number of carbonyl (C=O) groups is 2. The number of benzene rings is 1. The normalized spacial score (nSPS) is 18.2. The van der Waals surface area contributed by atoms with Gasteiger partial charge in [0.25, 0.3) is 0 Å². The first-order chi connectivity index (χ1) is 22.2. The lowest BCUT2D eigenvalue weighted by molar-refractivity contribution is -0.234. The summed E-state index contributed by atoms with van der Waals surface area (Å²) in [6.45, 7) is 12.6. The minimum Gasteiger partial charge on any atom is -0.343 e. The molecule has 1 aromatic carbocycles. The van der Waals surface area contributed by atoms with Crippen molar-refractivity contribution in [2.24, 2.45) is 0 Å². The second-order valence-electron chi connectivity index (χ2n) is 13.1. The van der Waals surface area contributed by atoms with E-state index in [-0.39, 0.29) is 5.82 Å². The Morgan fingerprint density at radius 2 is 1.89 bits per heavy atom. The SMILES string of the molecule is Cc1cc(-c2ncnc3[nH]c4c(c23)CCC(N2CCNCC2)C4)ccc1[C@@H](C)N(OC(=O)C(F)(F)F)C(=O)c1nc(C(C)(C)C)no1. The van der Waals surface area contributed by atoms with Gasteiger partial charge in [0.15, 0.2) is 5.82 Å². The van der Waals surface area contributed by atoms with E-state index < -0.39 is 35.4 Å². The third-order valence-corrected chi connectivity index (χ3v) is 8.86. The van der Waals surface area contributed by atoms with Crippen molar-refractivity contribution in [3.05, 3.63) is 58.6 Å². The summed E-state index contributed by atoms with van der Waals surface area (Å²) in [5, 5.41) is 8.47. The van der Waals surface area contributed by atoms with E-state index in [4.69, 9.17) is 4.52 Å². The number of H-pyrrole nitrogens is 1. The number of nitrogens with zero attached hydrogens (tertiary/aromatic N) is 6. The molecule has 12 nitrogen and oxygen atoms in total. The molecule has 2 aliphatic rings. The molecule has 0 bridgehead atoms. The van der Waals surface area contributed by atoms with E-state index in [0.717, 1.165) is 73.4 Å². The molecule has 3 aromatic heterocycles. The van der Waals surface area contributed by atoms with Gasteiger partial charge in [-0.1, -0.05) is 38.1 Å². The van der Waals surface area contributed by atoms with E-state index in [1.165, 1.54) is 18.8 Å². The highest BCUT2D eigenvalue weighted by Crippen LogP contribution is 2.37. The summed E-state index contributed by atoms with van der Waals surface area (Å²) in [5.74, 6) is -4.18. The Hall–Kier alpha value is -4.37.